The van der Waals surface area contributed by atoms with E-state index in [1.165, 1.54) is 6.07 Å². The Morgan fingerprint density at radius 2 is 2.12 bits per heavy atom. The van der Waals surface area contributed by atoms with Gasteiger partial charge in [0.2, 0.25) is 0 Å². The zero-order valence-electron chi connectivity index (χ0n) is 14.3. The van der Waals surface area contributed by atoms with Crippen LogP contribution in [0.4, 0.5) is 4.79 Å². The van der Waals surface area contributed by atoms with E-state index < -0.39 is 11.6 Å². The molecule has 1 aliphatic heterocycles. The van der Waals surface area contributed by atoms with Gasteiger partial charge in [-0.1, -0.05) is 11.6 Å². The van der Waals surface area contributed by atoms with Gasteiger partial charge in [0.25, 0.3) is 0 Å². The fourth-order valence-corrected chi connectivity index (χ4v) is 3.34. The maximum Gasteiger partial charge on any atom is 1.00 e. The Kier molecular flexibility index (Phi) is 7.48. The molecule has 128 valence electrons. The molecule has 0 N–H and O–H groups in total. The molecule has 2 heterocycles. The van der Waals surface area contributed by atoms with Crippen LogP contribution in [0.3, 0.4) is 0 Å². The SMILES string of the molecule is CC(C)(C)OC(=O)N1CCCC1COc1cc(Cl)sc1C(=O)[O-].[Li+]. The number of aromatic carboxylic acids is 1. The molecule has 0 bridgehead atoms. The molecule has 24 heavy (non-hydrogen) atoms. The number of hydrogen-bond acceptors (Lipinski definition) is 6. The summed E-state index contributed by atoms with van der Waals surface area (Å²) in [4.78, 5) is 24.8. The predicted molar refractivity (Wildman–Crippen MR) is 85.1 cm³/mol. The number of carbonyl (C=O) groups excluding carboxylic acids is 2. The molecule has 1 aliphatic rings. The van der Waals surface area contributed by atoms with Crippen molar-refractivity contribution in [1.82, 2.24) is 4.90 Å². The quantitative estimate of drug-likeness (QED) is 0.673. The average molecular weight is 368 g/mol. The number of likely N-dealkylation sites (tertiary alicyclic amines) is 1. The zero-order valence-corrected chi connectivity index (χ0v) is 15.8. The van der Waals surface area contributed by atoms with E-state index in [4.69, 9.17) is 21.1 Å². The topological polar surface area (TPSA) is 78.9 Å². The zero-order chi connectivity index (χ0) is 17.2. The molecule has 1 atom stereocenters. The van der Waals surface area contributed by atoms with Gasteiger partial charge in [-0.15, -0.1) is 11.3 Å². The standard InChI is InChI=1S/C15H20ClNO5S.Li/c1-15(2,3)22-14(20)17-6-4-5-9(17)8-21-10-7-11(16)23-12(10)13(18)19;/h7,9H,4-6,8H2,1-3H3,(H,18,19);/q;+1/p-1. The molecule has 1 saturated heterocycles. The molecule has 2 rings (SSSR count). The van der Waals surface area contributed by atoms with E-state index in [1.54, 1.807) is 4.90 Å². The van der Waals surface area contributed by atoms with Crippen molar-refractivity contribution in [3.05, 3.63) is 15.3 Å². The summed E-state index contributed by atoms with van der Waals surface area (Å²) in [7, 11) is 0. The van der Waals surface area contributed by atoms with E-state index in [1.807, 2.05) is 20.8 Å². The third-order valence-corrected chi connectivity index (χ3v) is 4.52. The van der Waals surface area contributed by atoms with Crippen LogP contribution in [0, 0.1) is 0 Å². The van der Waals surface area contributed by atoms with Crippen molar-refractivity contribution < 1.29 is 43.0 Å². The van der Waals surface area contributed by atoms with Crippen LogP contribution in [0.25, 0.3) is 0 Å². The number of carbonyl (C=O) groups is 2. The summed E-state index contributed by atoms with van der Waals surface area (Å²) in [5.41, 5.74) is -0.561. The van der Waals surface area contributed by atoms with E-state index >= 15 is 0 Å². The smallest absolute Gasteiger partial charge is 0.544 e. The molecule has 6 nitrogen and oxygen atoms in total. The van der Waals surface area contributed by atoms with Crippen molar-refractivity contribution in [3.63, 3.8) is 0 Å². The third kappa shape index (κ3) is 5.59. The molecule has 0 aromatic carbocycles. The van der Waals surface area contributed by atoms with Gasteiger partial charge in [0.1, 0.15) is 18.0 Å². The molecule has 1 aromatic heterocycles. The van der Waals surface area contributed by atoms with Crippen LogP contribution in [0.1, 0.15) is 43.3 Å². The maximum absolute atomic E-state index is 12.2. The van der Waals surface area contributed by atoms with Crippen molar-refractivity contribution in [2.75, 3.05) is 13.2 Å². The Labute approximate surface area is 162 Å². The monoisotopic (exact) mass is 367 g/mol. The number of thiophene rings is 1. The molecule has 0 aliphatic carbocycles. The van der Waals surface area contributed by atoms with Crippen LogP contribution < -0.4 is 28.7 Å². The Bertz CT molecular complexity index is 601. The van der Waals surface area contributed by atoms with Crippen molar-refractivity contribution >= 4 is 35.0 Å². The first-order chi connectivity index (χ1) is 10.7. The van der Waals surface area contributed by atoms with E-state index in [-0.39, 0.29) is 48.2 Å². The minimum Gasteiger partial charge on any atom is -0.544 e. The summed E-state index contributed by atoms with van der Waals surface area (Å²) in [5, 5.41) is 11.0. The molecule has 1 aromatic rings. The van der Waals surface area contributed by atoms with E-state index in [9.17, 15) is 14.7 Å². The Balaban J connectivity index is 0.00000288. The number of nitrogens with zero attached hydrogens (tertiary/aromatic N) is 1. The molecule has 1 fully saturated rings. The van der Waals surface area contributed by atoms with Gasteiger partial charge in [-0.2, -0.15) is 0 Å². The third-order valence-electron chi connectivity index (χ3n) is 3.29. The summed E-state index contributed by atoms with van der Waals surface area (Å²) < 4.78 is 11.3. The van der Waals surface area contributed by atoms with Gasteiger partial charge in [0.15, 0.2) is 0 Å². The fraction of sp³-hybridized carbons (Fsp3) is 0.600. The van der Waals surface area contributed by atoms with Crippen LogP contribution in [0.5, 0.6) is 5.75 Å². The van der Waals surface area contributed by atoms with E-state index in [0.717, 1.165) is 24.2 Å². The van der Waals surface area contributed by atoms with Crippen molar-refractivity contribution in [2.24, 2.45) is 0 Å². The summed E-state index contributed by atoms with van der Waals surface area (Å²) in [6.07, 6.45) is 1.25. The average Bonchev–Trinajstić information content (AvgIpc) is 3.00. The largest absolute Gasteiger partial charge is 1.00 e. The number of ether oxygens (including phenoxy) is 2. The second kappa shape index (κ2) is 8.48. The summed E-state index contributed by atoms with van der Waals surface area (Å²) in [5.74, 6) is -1.15. The number of carboxylic acid groups (broad SMARTS) is 1. The van der Waals surface area contributed by atoms with Crippen LogP contribution in [0.2, 0.25) is 4.34 Å². The molecule has 1 unspecified atom stereocenters. The summed E-state index contributed by atoms with van der Waals surface area (Å²) in [6.45, 7) is 6.22. The molecular formula is C15H19ClLiNO5S. The number of carboxylic acids is 1. The van der Waals surface area contributed by atoms with Gasteiger partial charge in [0.05, 0.1) is 21.2 Å². The van der Waals surface area contributed by atoms with Gasteiger partial charge >= 0.3 is 25.0 Å². The molecule has 1 amide bonds. The molecule has 0 radical (unpaired) electrons. The predicted octanol–water partition coefficient (Wildman–Crippen LogP) is -0.453. The second-order valence-electron chi connectivity index (χ2n) is 6.31. The van der Waals surface area contributed by atoms with Crippen LogP contribution >= 0.6 is 22.9 Å². The summed E-state index contributed by atoms with van der Waals surface area (Å²) >= 11 is 6.71. The van der Waals surface area contributed by atoms with E-state index in [2.05, 4.69) is 0 Å². The molecular weight excluding hydrogens is 349 g/mol. The molecule has 9 heteroatoms. The maximum atomic E-state index is 12.2. The summed E-state index contributed by atoms with van der Waals surface area (Å²) in [6, 6.07) is 1.29. The van der Waals surface area contributed by atoms with Crippen molar-refractivity contribution in [2.45, 2.75) is 45.3 Å². The van der Waals surface area contributed by atoms with Gasteiger partial charge < -0.3 is 24.3 Å². The molecule has 0 spiro atoms. The normalized spacial score (nSPS) is 17.3. The minimum atomic E-state index is -1.33. The number of halogens is 1. The fourth-order valence-electron chi connectivity index (χ4n) is 2.35. The first-order valence-corrected chi connectivity index (χ1v) is 8.50. The Morgan fingerprint density at radius 3 is 2.71 bits per heavy atom. The first kappa shape index (κ1) is 21.2. The first-order valence-electron chi connectivity index (χ1n) is 7.30. The van der Waals surface area contributed by atoms with E-state index in [0.29, 0.717) is 10.9 Å². The van der Waals surface area contributed by atoms with Crippen molar-refractivity contribution in [1.29, 1.82) is 0 Å². The number of hydrogen-bond donors (Lipinski definition) is 0. The molecule has 0 saturated carbocycles. The van der Waals surface area contributed by atoms with Crippen LogP contribution in [-0.4, -0.2) is 41.8 Å². The number of amides is 1. The Hall–Kier alpha value is -0.873. The van der Waals surface area contributed by atoms with Crippen LogP contribution in [0.15, 0.2) is 6.07 Å². The van der Waals surface area contributed by atoms with Gasteiger partial charge in [0, 0.05) is 12.6 Å². The van der Waals surface area contributed by atoms with Gasteiger partial charge in [-0.25, -0.2) is 4.79 Å². The Morgan fingerprint density at radius 1 is 1.46 bits per heavy atom. The van der Waals surface area contributed by atoms with Gasteiger partial charge in [-0.3, -0.25) is 0 Å². The van der Waals surface area contributed by atoms with Crippen molar-refractivity contribution in [3.8, 4) is 5.75 Å². The van der Waals surface area contributed by atoms with Crippen LogP contribution in [-0.2, 0) is 4.74 Å². The number of rotatable bonds is 4. The second-order valence-corrected chi connectivity index (χ2v) is 8.00. The minimum absolute atomic E-state index is 0. The van der Waals surface area contributed by atoms with Gasteiger partial charge in [-0.05, 0) is 33.6 Å².